The van der Waals surface area contributed by atoms with E-state index < -0.39 is 12.4 Å². The van der Waals surface area contributed by atoms with Gasteiger partial charge in [0, 0.05) is 48.0 Å². The molecule has 0 spiro atoms. The van der Waals surface area contributed by atoms with E-state index in [0.717, 1.165) is 61.3 Å². The van der Waals surface area contributed by atoms with Crippen molar-refractivity contribution in [2.45, 2.75) is 51.7 Å². The number of amides is 1. The second-order valence-corrected chi connectivity index (χ2v) is 12.4. The molecule has 7 rings (SSSR count). The number of nitrogens with zero attached hydrogens (tertiary/aromatic N) is 3. The molecule has 3 N–H and O–H groups in total. The molecule has 216 valence electrons. The molecular weight excluding hydrogens is 553 g/mol. The van der Waals surface area contributed by atoms with Crippen LogP contribution in [0.2, 0.25) is 0 Å². The minimum atomic E-state index is -0.547. The normalized spacial score (nSPS) is 16.2. The first-order chi connectivity index (χ1) is 20.4. The summed E-state index contributed by atoms with van der Waals surface area (Å²) in [7, 11) is 1.62. The van der Waals surface area contributed by atoms with Crippen molar-refractivity contribution in [2.75, 3.05) is 23.3 Å². The monoisotopic (exact) mass is 585 g/mol. The van der Waals surface area contributed by atoms with E-state index in [0.29, 0.717) is 35.5 Å². The highest BCUT2D eigenvalue weighted by Gasteiger charge is 2.33. The van der Waals surface area contributed by atoms with Crippen molar-refractivity contribution in [1.29, 1.82) is 0 Å². The molecule has 2 aromatic heterocycles. The zero-order valence-corrected chi connectivity index (χ0v) is 24.2. The van der Waals surface area contributed by atoms with E-state index >= 15 is 4.39 Å². The Morgan fingerprint density at radius 1 is 1.07 bits per heavy atom. The second-order valence-electron chi connectivity index (χ2n) is 11.3. The molecule has 2 aromatic carbocycles. The first-order valence-corrected chi connectivity index (χ1v) is 15.3. The fraction of sp³-hybridized carbons (Fsp3) is 0.344. The standard InChI is InChI=1S/C32H32FN5O3S/c1-37-16-26(36-30(32(37)41)35-21-7-6-19-15-34-10-8-18(19)12-21)24-13-20(33)14-27(25(24)17-39)38-11-9-23-22-4-2-3-5-28(22)42-29(23)31(38)40/h6-7,12-14,16,34,39H,2-5,8-11,15,17H2,1H3,(H,35,36). The summed E-state index contributed by atoms with van der Waals surface area (Å²) in [6.45, 7) is 1.70. The van der Waals surface area contributed by atoms with Gasteiger partial charge in [0.2, 0.25) is 0 Å². The van der Waals surface area contributed by atoms with Crippen LogP contribution in [0.4, 0.5) is 21.6 Å². The summed E-state index contributed by atoms with van der Waals surface area (Å²) in [5.41, 5.74) is 6.72. The molecule has 3 aliphatic rings. The maximum absolute atomic E-state index is 15.2. The van der Waals surface area contributed by atoms with E-state index in [-0.39, 0.29) is 17.3 Å². The Hall–Kier alpha value is -3.86. The minimum absolute atomic E-state index is 0.0986. The lowest BCUT2D eigenvalue weighted by Gasteiger charge is -2.30. The molecule has 0 bridgehead atoms. The topological polar surface area (TPSA) is 99.5 Å². The van der Waals surface area contributed by atoms with Crippen LogP contribution in [-0.2, 0) is 45.9 Å². The van der Waals surface area contributed by atoms with Gasteiger partial charge in [0.15, 0.2) is 5.82 Å². The summed E-state index contributed by atoms with van der Waals surface area (Å²) in [5, 5.41) is 17.1. The third-order valence-electron chi connectivity index (χ3n) is 8.65. The number of carbonyl (C=O) groups is 1. The summed E-state index contributed by atoms with van der Waals surface area (Å²) in [6.07, 6.45) is 7.43. The van der Waals surface area contributed by atoms with Crippen molar-refractivity contribution in [3.8, 4) is 11.3 Å². The number of aromatic nitrogens is 2. The Bertz CT molecular complexity index is 1800. The number of benzene rings is 2. The van der Waals surface area contributed by atoms with Crippen molar-refractivity contribution in [3.05, 3.63) is 90.3 Å². The molecule has 1 aliphatic carbocycles. The molecule has 0 unspecified atom stereocenters. The van der Waals surface area contributed by atoms with E-state index in [1.54, 1.807) is 23.3 Å². The summed E-state index contributed by atoms with van der Waals surface area (Å²) in [4.78, 5) is 35.1. The molecule has 1 amide bonds. The van der Waals surface area contributed by atoms with E-state index in [2.05, 4.69) is 15.6 Å². The number of aryl methyl sites for hydroxylation is 2. The van der Waals surface area contributed by atoms with Gasteiger partial charge in [-0.15, -0.1) is 11.3 Å². The van der Waals surface area contributed by atoms with Crippen LogP contribution in [0.25, 0.3) is 11.3 Å². The summed E-state index contributed by atoms with van der Waals surface area (Å²) < 4.78 is 16.6. The number of nitrogens with one attached hydrogen (secondary N) is 2. The molecule has 10 heteroatoms. The van der Waals surface area contributed by atoms with Crippen LogP contribution in [-0.4, -0.2) is 33.7 Å². The maximum Gasteiger partial charge on any atom is 0.293 e. The number of hydrogen-bond donors (Lipinski definition) is 3. The highest BCUT2D eigenvalue weighted by molar-refractivity contribution is 7.14. The first-order valence-electron chi connectivity index (χ1n) is 14.5. The molecular formula is C32H32FN5O3S. The van der Waals surface area contributed by atoms with Gasteiger partial charge in [-0.05, 0) is 91.6 Å². The van der Waals surface area contributed by atoms with Crippen LogP contribution in [0.3, 0.4) is 0 Å². The number of halogens is 1. The van der Waals surface area contributed by atoms with Gasteiger partial charge in [-0.25, -0.2) is 9.37 Å². The lowest BCUT2D eigenvalue weighted by atomic mass is 9.91. The maximum atomic E-state index is 15.2. The van der Waals surface area contributed by atoms with E-state index in [1.807, 2.05) is 18.2 Å². The van der Waals surface area contributed by atoms with Gasteiger partial charge in [0.1, 0.15) is 5.82 Å². The van der Waals surface area contributed by atoms with Crippen molar-refractivity contribution in [1.82, 2.24) is 14.9 Å². The van der Waals surface area contributed by atoms with Crippen LogP contribution in [0, 0.1) is 5.82 Å². The van der Waals surface area contributed by atoms with Gasteiger partial charge in [-0.1, -0.05) is 6.07 Å². The van der Waals surface area contributed by atoms with Crippen molar-refractivity contribution in [2.24, 2.45) is 7.05 Å². The number of anilines is 3. The highest BCUT2D eigenvalue weighted by atomic mass is 32.1. The van der Waals surface area contributed by atoms with Crippen molar-refractivity contribution < 1.29 is 14.3 Å². The fourth-order valence-corrected chi connectivity index (χ4v) is 7.90. The fourth-order valence-electron chi connectivity index (χ4n) is 6.51. The lowest BCUT2D eigenvalue weighted by Crippen LogP contribution is -2.37. The SMILES string of the molecule is Cn1cc(-c2cc(F)cc(N3CCc4c(sc5c4CCCC5)C3=O)c2CO)nc(Nc2ccc3c(c2)CCNC3)c1=O. The van der Waals surface area contributed by atoms with E-state index in [1.165, 1.54) is 44.5 Å². The number of aliphatic hydroxyl groups is 1. The molecule has 0 fully saturated rings. The molecule has 8 nitrogen and oxygen atoms in total. The second kappa shape index (κ2) is 10.8. The molecule has 0 saturated carbocycles. The van der Waals surface area contributed by atoms with Gasteiger partial charge in [-0.2, -0.15) is 0 Å². The Kier molecular flexibility index (Phi) is 6.92. The smallest absolute Gasteiger partial charge is 0.293 e. The number of thiophene rings is 1. The van der Waals surface area contributed by atoms with Gasteiger partial charge < -0.3 is 25.2 Å². The van der Waals surface area contributed by atoms with Crippen LogP contribution in [0.15, 0.2) is 41.3 Å². The number of aliphatic hydroxyl groups excluding tert-OH is 1. The predicted octanol–water partition coefficient (Wildman–Crippen LogP) is 4.61. The van der Waals surface area contributed by atoms with E-state index in [9.17, 15) is 14.7 Å². The summed E-state index contributed by atoms with van der Waals surface area (Å²) >= 11 is 1.57. The largest absolute Gasteiger partial charge is 0.392 e. The van der Waals surface area contributed by atoms with Crippen LogP contribution >= 0.6 is 11.3 Å². The predicted molar refractivity (Wildman–Crippen MR) is 162 cm³/mol. The first kappa shape index (κ1) is 27.0. The van der Waals surface area contributed by atoms with Gasteiger partial charge in [0.05, 0.1) is 22.9 Å². The molecule has 0 atom stereocenters. The number of rotatable bonds is 5. The molecule has 4 aromatic rings. The Balaban J connectivity index is 1.27. The van der Waals surface area contributed by atoms with Gasteiger partial charge in [0.25, 0.3) is 11.5 Å². The average molecular weight is 586 g/mol. The molecule has 42 heavy (non-hydrogen) atoms. The van der Waals surface area contributed by atoms with Crippen molar-refractivity contribution in [3.63, 3.8) is 0 Å². The lowest BCUT2D eigenvalue weighted by molar-refractivity contribution is 0.0984. The Morgan fingerprint density at radius 2 is 1.93 bits per heavy atom. The Morgan fingerprint density at radius 3 is 2.79 bits per heavy atom. The minimum Gasteiger partial charge on any atom is -0.392 e. The molecule has 2 aliphatic heterocycles. The van der Waals surface area contributed by atoms with Gasteiger partial charge in [-0.3, -0.25) is 9.59 Å². The number of fused-ring (bicyclic) bond motifs is 4. The zero-order valence-electron chi connectivity index (χ0n) is 23.4. The third kappa shape index (κ3) is 4.63. The van der Waals surface area contributed by atoms with Crippen LogP contribution in [0.1, 0.15) is 55.2 Å². The highest BCUT2D eigenvalue weighted by Crippen LogP contribution is 2.40. The quantitative estimate of drug-likeness (QED) is 0.317. The van der Waals surface area contributed by atoms with Crippen molar-refractivity contribution >= 4 is 34.4 Å². The van der Waals surface area contributed by atoms with Crippen LogP contribution < -0.4 is 21.1 Å². The number of carbonyl (C=O) groups excluding carboxylic acids is 1. The third-order valence-corrected chi connectivity index (χ3v) is 9.97. The van der Waals surface area contributed by atoms with Gasteiger partial charge >= 0.3 is 0 Å². The average Bonchev–Trinajstić information content (AvgIpc) is 3.39. The molecule has 4 heterocycles. The zero-order chi connectivity index (χ0) is 29.0. The van der Waals surface area contributed by atoms with E-state index in [4.69, 9.17) is 0 Å². The molecule has 0 radical (unpaired) electrons. The summed E-state index contributed by atoms with van der Waals surface area (Å²) in [6, 6.07) is 8.60. The Labute approximate surface area is 246 Å². The summed E-state index contributed by atoms with van der Waals surface area (Å²) in [5.74, 6) is -0.601. The van der Waals surface area contributed by atoms with Crippen LogP contribution in [0.5, 0.6) is 0 Å². The molecule has 0 saturated heterocycles. The number of hydrogen-bond acceptors (Lipinski definition) is 7.